The van der Waals surface area contributed by atoms with E-state index in [4.69, 9.17) is 10.5 Å². The van der Waals surface area contributed by atoms with Crippen LogP contribution in [0.25, 0.3) is 11.1 Å². The van der Waals surface area contributed by atoms with Gasteiger partial charge in [-0.15, -0.1) is 11.3 Å². The van der Waals surface area contributed by atoms with Gasteiger partial charge in [0.25, 0.3) is 0 Å². The number of esters is 1. The van der Waals surface area contributed by atoms with E-state index >= 15 is 0 Å². The fourth-order valence-electron chi connectivity index (χ4n) is 2.79. The maximum absolute atomic E-state index is 12.5. The largest absolute Gasteiger partial charge is 0.462 e. The second kappa shape index (κ2) is 9.02. The lowest BCUT2D eigenvalue weighted by Crippen LogP contribution is -2.18. The van der Waals surface area contributed by atoms with Gasteiger partial charge in [-0.2, -0.15) is 0 Å². The summed E-state index contributed by atoms with van der Waals surface area (Å²) in [7, 11) is 2.11. The molecule has 1 aromatic heterocycles. The van der Waals surface area contributed by atoms with E-state index < -0.39 is 0 Å². The number of benzene rings is 1. The monoisotopic (exact) mass is 360 g/mol. The lowest BCUT2D eigenvalue weighted by molar-refractivity contribution is 0.0529. The topological polar surface area (TPSA) is 55.6 Å². The normalized spacial score (nSPS) is 11.1. The number of carbonyl (C=O) groups excluding carboxylic acids is 1. The van der Waals surface area contributed by atoms with Crippen molar-refractivity contribution in [1.82, 2.24) is 4.90 Å². The summed E-state index contributed by atoms with van der Waals surface area (Å²) < 4.78 is 5.25. The van der Waals surface area contributed by atoms with Crippen molar-refractivity contribution in [2.75, 3.05) is 25.9 Å². The molecule has 5 heteroatoms. The van der Waals surface area contributed by atoms with Gasteiger partial charge in [0.1, 0.15) is 10.6 Å². The second-order valence-electron chi connectivity index (χ2n) is 6.32. The number of carbonyl (C=O) groups is 1. The van der Waals surface area contributed by atoms with Crippen LogP contribution in [0.1, 0.15) is 47.5 Å². The van der Waals surface area contributed by atoms with Crippen molar-refractivity contribution < 1.29 is 9.53 Å². The fraction of sp³-hybridized carbons (Fsp3) is 0.450. The predicted molar refractivity (Wildman–Crippen MR) is 106 cm³/mol. The summed E-state index contributed by atoms with van der Waals surface area (Å²) in [6.45, 7) is 8.19. The Morgan fingerprint density at radius 1 is 1.24 bits per heavy atom. The Morgan fingerprint density at radius 2 is 1.92 bits per heavy atom. The van der Waals surface area contributed by atoms with E-state index in [1.807, 2.05) is 6.92 Å². The van der Waals surface area contributed by atoms with Gasteiger partial charge in [0.15, 0.2) is 0 Å². The summed E-state index contributed by atoms with van der Waals surface area (Å²) in [4.78, 5) is 15.9. The Bertz CT molecular complexity index is 707. The van der Waals surface area contributed by atoms with Crippen molar-refractivity contribution in [3.8, 4) is 11.1 Å². The minimum absolute atomic E-state index is 0.339. The molecule has 25 heavy (non-hydrogen) atoms. The van der Waals surface area contributed by atoms with Gasteiger partial charge in [0, 0.05) is 17.0 Å². The average molecular weight is 361 g/mol. The summed E-state index contributed by atoms with van der Waals surface area (Å²) in [6, 6.07) is 8.22. The van der Waals surface area contributed by atoms with Gasteiger partial charge in [0.05, 0.1) is 6.61 Å². The molecule has 0 saturated carbocycles. The molecule has 136 valence electrons. The number of aryl methyl sites for hydroxylation is 1. The average Bonchev–Trinajstić information content (AvgIpc) is 2.90. The van der Waals surface area contributed by atoms with E-state index in [1.54, 1.807) is 0 Å². The third-order valence-corrected chi connectivity index (χ3v) is 5.14. The van der Waals surface area contributed by atoms with Crippen LogP contribution in [0, 0.1) is 6.92 Å². The molecule has 1 aromatic carbocycles. The van der Waals surface area contributed by atoms with Crippen LogP contribution >= 0.6 is 11.3 Å². The number of nitrogens with zero attached hydrogens (tertiary/aromatic N) is 1. The maximum atomic E-state index is 12.5. The van der Waals surface area contributed by atoms with Crippen LogP contribution in [-0.2, 0) is 11.3 Å². The standard InChI is InChI=1S/C20H28N2O2S/c1-5-7-12-22(4)13-16-17(15-10-8-14(3)9-11-15)18(19(21)25-16)20(23)24-6-2/h8-11H,5-7,12-13,21H2,1-4H3. The molecule has 0 unspecified atom stereocenters. The first-order valence-corrected chi connectivity index (χ1v) is 9.63. The van der Waals surface area contributed by atoms with Crippen LogP contribution in [0.4, 0.5) is 5.00 Å². The molecule has 4 nitrogen and oxygen atoms in total. The van der Waals surface area contributed by atoms with Crippen molar-refractivity contribution >= 4 is 22.3 Å². The molecule has 0 saturated heterocycles. The summed E-state index contributed by atoms with van der Waals surface area (Å²) in [5.74, 6) is -0.339. The molecule has 1 heterocycles. The van der Waals surface area contributed by atoms with Crippen molar-refractivity contribution in [3.05, 3.63) is 40.3 Å². The zero-order chi connectivity index (χ0) is 18.4. The van der Waals surface area contributed by atoms with Gasteiger partial charge >= 0.3 is 5.97 Å². The predicted octanol–water partition coefficient (Wildman–Crippen LogP) is 4.71. The number of hydrogen-bond acceptors (Lipinski definition) is 5. The molecule has 0 bridgehead atoms. The SMILES string of the molecule is CCCCN(C)Cc1sc(N)c(C(=O)OCC)c1-c1ccc(C)cc1. The van der Waals surface area contributed by atoms with Gasteiger partial charge in [-0.1, -0.05) is 43.2 Å². The van der Waals surface area contributed by atoms with Crippen molar-refractivity contribution in [2.45, 2.75) is 40.2 Å². The fourth-order valence-corrected chi connectivity index (χ4v) is 3.95. The van der Waals surface area contributed by atoms with Crippen molar-refractivity contribution in [3.63, 3.8) is 0 Å². The zero-order valence-electron chi connectivity index (χ0n) is 15.6. The van der Waals surface area contributed by atoms with E-state index in [2.05, 4.69) is 50.1 Å². The number of nitrogens with two attached hydrogens (primary N) is 1. The first-order chi connectivity index (χ1) is 12.0. The van der Waals surface area contributed by atoms with Crippen molar-refractivity contribution in [2.24, 2.45) is 0 Å². The molecule has 2 aromatic rings. The summed E-state index contributed by atoms with van der Waals surface area (Å²) in [6.07, 6.45) is 2.32. The molecular weight excluding hydrogens is 332 g/mol. The minimum Gasteiger partial charge on any atom is -0.462 e. The minimum atomic E-state index is -0.339. The molecule has 0 radical (unpaired) electrons. The number of rotatable bonds is 8. The van der Waals surface area contributed by atoms with Gasteiger partial charge < -0.3 is 15.4 Å². The Labute approximate surface area is 154 Å². The number of hydrogen-bond donors (Lipinski definition) is 1. The van der Waals surface area contributed by atoms with E-state index in [1.165, 1.54) is 16.9 Å². The zero-order valence-corrected chi connectivity index (χ0v) is 16.4. The van der Waals surface area contributed by atoms with Crippen LogP contribution in [-0.4, -0.2) is 31.1 Å². The molecular formula is C20H28N2O2S. The number of nitrogen functional groups attached to an aromatic ring is 1. The Kier molecular flexibility index (Phi) is 7.02. The lowest BCUT2D eigenvalue weighted by Gasteiger charge is -2.16. The molecule has 2 rings (SSSR count). The Morgan fingerprint density at radius 3 is 2.52 bits per heavy atom. The number of ether oxygens (including phenoxy) is 1. The maximum Gasteiger partial charge on any atom is 0.341 e. The summed E-state index contributed by atoms with van der Waals surface area (Å²) in [5.41, 5.74) is 9.85. The van der Waals surface area contributed by atoms with E-state index in [0.717, 1.165) is 41.9 Å². The van der Waals surface area contributed by atoms with Crippen molar-refractivity contribution in [1.29, 1.82) is 0 Å². The quantitative estimate of drug-likeness (QED) is 0.692. The van der Waals surface area contributed by atoms with E-state index in [-0.39, 0.29) is 5.97 Å². The molecule has 0 aliphatic rings. The molecule has 0 aliphatic carbocycles. The summed E-state index contributed by atoms with van der Waals surface area (Å²) >= 11 is 1.49. The molecule has 0 spiro atoms. The smallest absolute Gasteiger partial charge is 0.341 e. The molecule has 0 amide bonds. The molecule has 0 atom stereocenters. The van der Waals surface area contributed by atoms with E-state index in [9.17, 15) is 4.79 Å². The highest BCUT2D eigenvalue weighted by molar-refractivity contribution is 7.17. The summed E-state index contributed by atoms with van der Waals surface area (Å²) in [5, 5.41) is 0.535. The van der Waals surface area contributed by atoms with Crippen LogP contribution in [0.3, 0.4) is 0 Å². The van der Waals surface area contributed by atoms with Gasteiger partial charge in [-0.05, 0) is 39.4 Å². The van der Waals surface area contributed by atoms with Gasteiger partial charge in [0.2, 0.25) is 0 Å². The number of anilines is 1. The van der Waals surface area contributed by atoms with Crippen LogP contribution < -0.4 is 5.73 Å². The van der Waals surface area contributed by atoms with E-state index in [0.29, 0.717) is 17.2 Å². The third-order valence-electron chi connectivity index (χ3n) is 4.14. The molecule has 0 fully saturated rings. The first-order valence-electron chi connectivity index (χ1n) is 8.81. The second-order valence-corrected chi connectivity index (χ2v) is 7.45. The number of thiophene rings is 1. The van der Waals surface area contributed by atoms with Gasteiger partial charge in [-0.25, -0.2) is 4.79 Å². The first kappa shape index (κ1) is 19.5. The molecule has 0 aliphatic heterocycles. The van der Waals surface area contributed by atoms with Crippen LogP contribution in [0.2, 0.25) is 0 Å². The molecule has 2 N–H and O–H groups in total. The van der Waals surface area contributed by atoms with Crippen LogP contribution in [0.5, 0.6) is 0 Å². The van der Waals surface area contributed by atoms with Gasteiger partial charge in [-0.3, -0.25) is 0 Å². The third kappa shape index (κ3) is 4.83. The lowest BCUT2D eigenvalue weighted by atomic mass is 9.99. The highest BCUT2D eigenvalue weighted by Gasteiger charge is 2.25. The highest BCUT2D eigenvalue weighted by atomic mass is 32.1. The Hall–Kier alpha value is -1.85. The number of unbranched alkanes of at least 4 members (excludes halogenated alkanes) is 1. The highest BCUT2D eigenvalue weighted by Crippen LogP contribution is 2.40. The Balaban J connectivity index is 2.46. The van der Waals surface area contributed by atoms with Crippen LogP contribution in [0.15, 0.2) is 24.3 Å².